The predicted molar refractivity (Wildman–Crippen MR) is 65.0 cm³/mol. The maximum absolute atomic E-state index is 12.1. The van der Waals surface area contributed by atoms with Crippen molar-refractivity contribution >= 4 is 11.5 Å². The molecule has 7 nitrogen and oxygen atoms in total. The van der Waals surface area contributed by atoms with Crippen molar-refractivity contribution in [1.82, 2.24) is 14.2 Å². The van der Waals surface area contributed by atoms with Gasteiger partial charge >= 0.3 is 5.97 Å². The Bertz CT molecular complexity index is 675. The van der Waals surface area contributed by atoms with E-state index in [2.05, 4.69) is 5.10 Å². The van der Waals surface area contributed by atoms with Crippen molar-refractivity contribution in [3.8, 4) is 0 Å². The second kappa shape index (κ2) is 4.51. The average Bonchev–Trinajstić information content (AvgIpc) is 3.01. The number of rotatable bonds is 3. The Morgan fingerprint density at radius 1 is 1.47 bits per heavy atom. The Morgan fingerprint density at radius 2 is 2.32 bits per heavy atom. The fraction of sp³-hybridized carbons (Fsp3) is 0.417. The summed E-state index contributed by atoms with van der Waals surface area (Å²) in [6, 6.07) is 1.65. The first-order valence-electron chi connectivity index (χ1n) is 6.06. The van der Waals surface area contributed by atoms with E-state index in [9.17, 15) is 9.59 Å². The summed E-state index contributed by atoms with van der Waals surface area (Å²) < 4.78 is 8.44. The Labute approximate surface area is 108 Å². The van der Waals surface area contributed by atoms with Crippen LogP contribution in [-0.4, -0.2) is 37.5 Å². The molecule has 0 spiro atoms. The lowest BCUT2D eigenvalue weighted by atomic mass is 10.2. The molecule has 0 aliphatic carbocycles. The van der Waals surface area contributed by atoms with Gasteiger partial charge in [0.2, 0.25) is 0 Å². The van der Waals surface area contributed by atoms with Crippen molar-refractivity contribution in [3.05, 3.63) is 35.0 Å². The van der Waals surface area contributed by atoms with Crippen LogP contribution in [0.2, 0.25) is 0 Å². The topological polar surface area (TPSA) is 85.8 Å². The minimum atomic E-state index is -0.943. The van der Waals surface area contributed by atoms with E-state index in [0.717, 1.165) is 0 Å². The van der Waals surface area contributed by atoms with Gasteiger partial charge in [-0.25, -0.2) is 9.31 Å². The lowest BCUT2D eigenvalue weighted by molar-refractivity contribution is -0.149. The fourth-order valence-electron chi connectivity index (χ4n) is 2.35. The first kappa shape index (κ1) is 11.9. The summed E-state index contributed by atoms with van der Waals surface area (Å²) in [5, 5.41) is 12.8. The minimum absolute atomic E-state index is 0.151. The van der Waals surface area contributed by atoms with Crippen LogP contribution in [-0.2, 0) is 16.1 Å². The third-order valence-electron chi connectivity index (χ3n) is 3.32. The summed E-state index contributed by atoms with van der Waals surface area (Å²) in [4.78, 5) is 22.9. The van der Waals surface area contributed by atoms with E-state index in [4.69, 9.17) is 9.84 Å². The molecular weight excluding hydrogens is 250 g/mol. The molecule has 1 saturated heterocycles. The number of hydrogen-bond donors (Lipinski definition) is 1. The first-order valence-corrected chi connectivity index (χ1v) is 6.06. The van der Waals surface area contributed by atoms with Crippen molar-refractivity contribution in [2.24, 2.45) is 0 Å². The quantitative estimate of drug-likeness (QED) is 0.850. The van der Waals surface area contributed by atoms with Gasteiger partial charge in [0.25, 0.3) is 5.56 Å². The van der Waals surface area contributed by atoms with Crippen LogP contribution in [0.1, 0.15) is 12.8 Å². The smallest absolute Gasteiger partial charge is 0.332 e. The monoisotopic (exact) mass is 263 g/mol. The van der Waals surface area contributed by atoms with Crippen LogP contribution in [0.4, 0.5) is 0 Å². The van der Waals surface area contributed by atoms with Gasteiger partial charge in [0.15, 0.2) is 6.10 Å². The number of nitrogens with zero attached hydrogens (tertiary/aromatic N) is 3. The molecule has 0 amide bonds. The summed E-state index contributed by atoms with van der Waals surface area (Å²) in [6.45, 7) is 0.365. The van der Waals surface area contributed by atoms with Crippen LogP contribution < -0.4 is 5.56 Å². The Morgan fingerprint density at radius 3 is 3.05 bits per heavy atom. The minimum Gasteiger partial charge on any atom is -0.479 e. The zero-order valence-electron chi connectivity index (χ0n) is 10.1. The molecule has 2 aromatic rings. The van der Waals surface area contributed by atoms with Crippen LogP contribution >= 0.6 is 0 Å². The Hall–Kier alpha value is -2.15. The van der Waals surface area contributed by atoms with Gasteiger partial charge in [0, 0.05) is 12.4 Å². The molecule has 3 heterocycles. The molecule has 0 aromatic carbocycles. The number of fused-ring (bicyclic) bond motifs is 1. The van der Waals surface area contributed by atoms with Crippen molar-refractivity contribution < 1.29 is 14.6 Å². The van der Waals surface area contributed by atoms with Gasteiger partial charge in [-0.15, -0.1) is 0 Å². The van der Waals surface area contributed by atoms with Crippen LogP contribution in [0.3, 0.4) is 0 Å². The molecule has 3 rings (SSSR count). The normalized spacial score (nSPS) is 22.9. The number of aromatic nitrogens is 3. The van der Waals surface area contributed by atoms with Gasteiger partial charge in [-0.1, -0.05) is 0 Å². The molecule has 2 aromatic heterocycles. The highest BCUT2D eigenvalue weighted by Crippen LogP contribution is 2.20. The second-order valence-electron chi connectivity index (χ2n) is 4.58. The lowest BCUT2D eigenvalue weighted by Crippen LogP contribution is -2.28. The number of carboxylic acids is 1. The SMILES string of the molecule is O=C(O)C1CCC(Cn2ccn3nccc3c2=O)O1. The van der Waals surface area contributed by atoms with Crippen LogP contribution in [0.5, 0.6) is 0 Å². The Kier molecular flexibility index (Phi) is 2.83. The zero-order valence-corrected chi connectivity index (χ0v) is 10.1. The molecule has 1 aliphatic heterocycles. The standard InChI is InChI=1S/C12H13N3O4/c16-11-9-3-4-13-15(9)6-5-14(11)7-8-1-2-10(19-8)12(17)18/h3-6,8,10H,1-2,7H2,(H,17,18). The number of carboxylic acid groups (broad SMARTS) is 1. The van der Waals surface area contributed by atoms with Crippen molar-refractivity contribution in [2.75, 3.05) is 0 Å². The van der Waals surface area contributed by atoms with Gasteiger partial charge in [-0.05, 0) is 18.9 Å². The highest BCUT2D eigenvalue weighted by molar-refractivity contribution is 5.72. The van der Waals surface area contributed by atoms with Crippen LogP contribution in [0.15, 0.2) is 29.5 Å². The van der Waals surface area contributed by atoms with Crippen LogP contribution in [0, 0.1) is 0 Å². The van der Waals surface area contributed by atoms with Crippen molar-refractivity contribution in [3.63, 3.8) is 0 Å². The molecule has 1 fully saturated rings. The average molecular weight is 263 g/mol. The third-order valence-corrected chi connectivity index (χ3v) is 3.32. The maximum Gasteiger partial charge on any atom is 0.332 e. The molecule has 0 bridgehead atoms. The maximum atomic E-state index is 12.1. The van der Waals surface area contributed by atoms with E-state index in [-0.39, 0.29) is 11.7 Å². The second-order valence-corrected chi connectivity index (χ2v) is 4.58. The molecule has 0 saturated carbocycles. The molecule has 2 unspecified atom stereocenters. The van der Waals surface area contributed by atoms with E-state index in [1.807, 2.05) is 0 Å². The Balaban J connectivity index is 1.81. The molecule has 100 valence electrons. The lowest BCUT2D eigenvalue weighted by Gasteiger charge is -2.13. The highest BCUT2D eigenvalue weighted by atomic mass is 16.5. The van der Waals surface area contributed by atoms with Gasteiger partial charge < -0.3 is 14.4 Å². The van der Waals surface area contributed by atoms with E-state index in [0.29, 0.717) is 24.9 Å². The molecule has 1 aliphatic rings. The third kappa shape index (κ3) is 2.12. The van der Waals surface area contributed by atoms with Crippen molar-refractivity contribution in [1.29, 1.82) is 0 Å². The summed E-state index contributed by atoms with van der Waals surface area (Å²) in [6.07, 6.45) is 5.05. The molecule has 7 heteroatoms. The summed E-state index contributed by atoms with van der Waals surface area (Å²) in [5.41, 5.74) is 0.345. The van der Waals surface area contributed by atoms with E-state index in [1.165, 1.54) is 9.08 Å². The van der Waals surface area contributed by atoms with E-state index in [1.54, 1.807) is 24.7 Å². The number of ether oxygens (including phenoxy) is 1. The number of carbonyl (C=O) groups is 1. The molecule has 19 heavy (non-hydrogen) atoms. The van der Waals surface area contributed by atoms with Gasteiger partial charge in [-0.3, -0.25) is 4.79 Å². The number of hydrogen-bond acceptors (Lipinski definition) is 4. The molecule has 1 N–H and O–H groups in total. The van der Waals surface area contributed by atoms with Gasteiger partial charge in [0.1, 0.15) is 5.52 Å². The van der Waals surface area contributed by atoms with Crippen LogP contribution in [0.25, 0.3) is 5.52 Å². The summed E-state index contributed by atoms with van der Waals surface area (Å²) in [5.74, 6) is -0.943. The highest BCUT2D eigenvalue weighted by Gasteiger charge is 2.30. The van der Waals surface area contributed by atoms with Gasteiger partial charge in [0.05, 0.1) is 18.8 Å². The zero-order chi connectivity index (χ0) is 13.4. The largest absolute Gasteiger partial charge is 0.479 e. The predicted octanol–water partition coefficient (Wildman–Crippen LogP) is 0.128. The summed E-state index contributed by atoms with van der Waals surface area (Å²) >= 11 is 0. The molecular formula is C12H13N3O4. The number of aliphatic carboxylic acids is 1. The first-order chi connectivity index (χ1) is 9.15. The van der Waals surface area contributed by atoms with E-state index >= 15 is 0 Å². The molecule has 0 radical (unpaired) electrons. The summed E-state index contributed by atoms with van der Waals surface area (Å²) in [7, 11) is 0. The van der Waals surface area contributed by atoms with E-state index < -0.39 is 12.1 Å². The molecule has 2 atom stereocenters. The van der Waals surface area contributed by atoms with Gasteiger partial charge in [-0.2, -0.15) is 5.10 Å². The van der Waals surface area contributed by atoms with Crippen molar-refractivity contribution in [2.45, 2.75) is 31.6 Å². The fourth-order valence-corrected chi connectivity index (χ4v) is 2.35.